The molecule has 2 aliphatic carbocycles. The molecule has 1 aromatic carbocycles. The van der Waals surface area contributed by atoms with Gasteiger partial charge in [0.15, 0.2) is 5.89 Å². The maximum absolute atomic E-state index is 14.4. The van der Waals surface area contributed by atoms with Gasteiger partial charge in [0.25, 0.3) is 0 Å². The second kappa shape index (κ2) is 9.01. The fourth-order valence-electron chi connectivity index (χ4n) is 5.16. The molecule has 3 fully saturated rings. The molecule has 1 amide bonds. The van der Waals surface area contributed by atoms with E-state index in [0.717, 1.165) is 11.3 Å². The summed E-state index contributed by atoms with van der Waals surface area (Å²) in [5.74, 6) is -3.63. The minimum Gasteiger partial charge on any atom is -0.445 e. The quantitative estimate of drug-likeness (QED) is 0.512. The molecular formula is C25H30F2N4O4S. The van der Waals surface area contributed by atoms with Gasteiger partial charge in [0.05, 0.1) is 23.5 Å². The number of alkyl halides is 2. The summed E-state index contributed by atoms with van der Waals surface area (Å²) in [5, 5.41) is 12.1. The highest BCUT2D eigenvalue weighted by Gasteiger charge is 2.51. The lowest BCUT2D eigenvalue weighted by atomic mass is 9.74. The number of hydrogen-bond acceptors (Lipinski definition) is 7. The van der Waals surface area contributed by atoms with Crippen molar-refractivity contribution in [3.05, 3.63) is 35.9 Å². The van der Waals surface area contributed by atoms with Crippen LogP contribution in [-0.4, -0.2) is 56.1 Å². The first-order chi connectivity index (χ1) is 17.0. The van der Waals surface area contributed by atoms with E-state index in [1.807, 2.05) is 24.3 Å². The lowest BCUT2D eigenvalue weighted by Gasteiger charge is -2.41. The van der Waals surface area contributed by atoms with E-state index in [1.54, 1.807) is 6.92 Å². The fraction of sp³-hybridized carbons (Fsp3) is 0.560. The zero-order valence-electron chi connectivity index (χ0n) is 20.0. The molecule has 36 heavy (non-hydrogen) atoms. The monoisotopic (exact) mass is 520 g/mol. The van der Waals surface area contributed by atoms with E-state index in [4.69, 9.17) is 4.42 Å². The summed E-state index contributed by atoms with van der Waals surface area (Å²) < 4.78 is 54.5. The predicted octanol–water partition coefficient (Wildman–Crippen LogP) is 4.91. The van der Waals surface area contributed by atoms with Gasteiger partial charge in [-0.1, -0.05) is 12.1 Å². The molecule has 0 unspecified atom stereocenters. The fourth-order valence-corrected chi connectivity index (χ4v) is 6.39. The van der Waals surface area contributed by atoms with Crippen molar-refractivity contribution in [3.8, 4) is 17.3 Å². The van der Waals surface area contributed by atoms with Crippen LogP contribution >= 0.6 is 10.6 Å². The van der Waals surface area contributed by atoms with Crippen molar-refractivity contribution < 1.29 is 27.1 Å². The second-order valence-corrected chi connectivity index (χ2v) is 12.6. The lowest BCUT2D eigenvalue weighted by molar-refractivity contribution is -0.134. The molecular weight excluding hydrogens is 490 g/mol. The number of aromatic nitrogens is 1. The SMILES string of the molecule is Cc1nc(-c2ccc(N3CCS(O)(O)CC3)cc2)c([C@@H]2CCC(F)(F)C[C@H]2C(=O)NC2(C#N)CC2)o1. The second-order valence-electron chi connectivity index (χ2n) is 10.2. The number of carbonyl (C=O) groups is 1. The number of nitrogens with zero attached hydrogens (tertiary/aromatic N) is 3. The smallest absolute Gasteiger partial charge is 0.249 e. The third kappa shape index (κ3) is 5.08. The summed E-state index contributed by atoms with van der Waals surface area (Å²) in [5.41, 5.74) is 1.28. The molecule has 5 rings (SSSR count). The molecule has 194 valence electrons. The van der Waals surface area contributed by atoms with Crippen LogP contribution in [0.2, 0.25) is 0 Å². The van der Waals surface area contributed by atoms with Crippen LogP contribution in [0.5, 0.6) is 0 Å². The van der Waals surface area contributed by atoms with Crippen molar-refractivity contribution in [2.45, 2.75) is 56.4 Å². The average Bonchev–Trinajstić information content (AvgIpc) is 3.50. The number of aryl methyl sites for hydroxylation is 1. The average molecular weight is 521 g/mol. The number of anilines is 1. The minimum absolute atomic E-state index is 0.0739. The first-order valence-electron chi connectivity index (χ1n) is 12.2. The molecule has 8 nitrogen and oxygen atoms in total. The van der Waals surface area contributed by atoms with Gasteiger partial charge >= 0.3 is 0 Å². The third-order valence-corrected chi connectivity index (χ3v) is 9.14. The van der Waals surface area contributed by atoms with E-state index in [9.17, 15) is 27.9 Å². The van der Waals surface area contributed by atoms with Gasteiger partial charge in [-0.25, -0.2) is 13.8 Å². The molecule has 11 heteroatoms. The summed E-state index contributed by atoms with van der Waals surface area (Å²) in [4.78, 5) is 19.7. The van der Waals surface area contributed by atoms with Crippen LogP contribution in [0.1, 0.15) is 49.7 Å². The van der Waals surface area contributed by atoms with Gasteiger partial charge in [0.1, 0.15) is 17.0 Å². The van der Waals surface area contributed by atoms with Crippen molar-refractivity contribution >= 4 is 22.2 Å². The Labute approximate surface area is 210 Å². The van der Waals surface area contributed by atoms with Crippen LogP contribution in [0.15, 0.2) is 28.7 Å². The van der Waals surface area contributed by atoms with E-state index in [-0.39, 0.29) is 12.8 Å². The number of amides is 1. The normalized spacial score (nSPS) is 27.1. The number of benzene rings is 1. The van der Waals surface area contributed by atoms with E-state index >= 15 is 0 Å². The van der Waals surface area contributed by atoms with Gasteiger partial charge in [-0.3, -0.25) is 13.9 Å². The zero-order valence-corrected chi connectivity index (χ0v) is 20.9. The Bertz CT molecular complexity index is 1180. The number of nitrogens with one attached hydrogen (secondary N) is 1. The van der Waals surface area contributed by atoms with Crippen LogP contribution in [0.25, 0.3) is 11.3 Å². The Balaban J connectivity index is 1.40. The van der Waals surface area contributed by atoms with Crippen molar-refractivity contribution in [3.63, 3.8) is 0 Å². The maximum atomic E-state index is 14.4. The first kappa shape index (κ1) is 25.0. The van der Waals surface area contributed by atoms with Gasteiger partial charge in [0, 0.05) is 50.0 Å². The van der Waals surface area contributed by atoms with E-state index in [0.29, 0.717) is 54.8 Å². The molecule has 2 atom stereocenters. The molecule has 1 aromatic heterocycles. The largest absolute Gasteiger partial charge is 0.445 e. The van der Waals surface area contributed by atoms with E-state index in [1.165, 1.54) is 0 Å². The number of halogens is 2. The van der Waals surface area contributed by atoms with Crippen molar-refractivity contribution in [2.24, 2.45) is 5.92 Å². The molecule has 1 saturated heterocycles. The standard InChI is InChI=1S/C25H30F2N4O4S/c1-16-29-21(17-2-4-18(5-3-17)31-10-12-36(33,34)13-11-31)22(35-16)19-6-7-25(26,27)14-20(19)23(32)30-24(15-28)8-9-24/h2-5,19-20,33-34H,6-14H2,1H3,(H,30,32)/t19-,20-/m1/s1. The molecule has 0 bridgehead atoms. The molecule has 0 spiro atoms. The molecule has 2 saturated carbocycles. The topological polar surface area (TPSA) is 123 Å². The number of rotatable bonds is 5. The Morgan fingerprint density at radius 3 is 2.50 bits per heavy atom. The highest BCUT2D eigenvalue weighted by Crippen LogP contribution is 2.48. The number of oxazole rings is 1. The summed E-state index contributed by atoms with van der Waals surface area (Å²) in [6.07, 6.45) is 0.175. The number of hydrogen-bond donors (Lipinski definition) is 3. The number of nitriles is 1. The van der Waals surface area contributed by atoms with Crippen LogP contribution in [0, 0.1) is 24.2 Å². The maximum Gasteiger partial charge on any atom is 0.249 e. The van der Waals surface area contributed by atoms with Crippen LogP contribution < -0.4 is 10.2 Å². The summed E-state index contributed by atoms with van der Waals surface area (Å²) in [7, 11) is -2.49. The molecule has 0 radical (unpaired) electrons. The summed E-state index contributed by atoms with van der Waals surface area (Å²) in [6.45, 7) is 2.79. The van der Waals surface area contributed by atoms with Gasteiger partial charge in [-0.2, -0.15) is 15.9 Å². The minimum atomic E-state index is -2.96. The molecule has 2 heterocycles. The van der Waals surface area contributed by atoms with Crippen molar-refractivity contribution in [1.82, 2.24) is 10.3 Å². The van der Waals surface area contributed by atoms with Crippen LogP contribution in [-0.2, 0) is 4.79 Å². The van der Waals surface area contributed by atoms with Crippen molar-refractivity contribution in [1.29, 1.82) is 5.26 Å². The van der Waals surface area contributed by atoms with Gasteiger partial charge < -0.3 is 14.6 Å². The first-order valence-corrected chi connectivity index (χ1v) is 14.1. The van der Waals surface area contributed by atoms with Crippen molar-refractivity contribution in [2.75, 3.05) is 29.5 Å². The lowest BCUT2D eigenvalue weighted by Crippen LogP contribution is -2.45. The summed E-state index contributed by atoms with van der Waals surface area (Å²) >= 11 is 0. The Morgan fingerprint density at radius 2 is 1.89 bits per heavy atom. The van der Waals surface area contributed by atoms with E-state index in [2.05, 4.69) is 21.3 Å². The molecule has 1 aliphatic heterocycles. The molecule has 2 aromatic rings. The third-order valence-electron chi connectivity index (χ3n) is 7.47. The van der Waals surface area contributed by atoms with Crippen LogP contribution in [0.3, 0.4) is 0 Å². The van der Waals surface area contributed by atoms with E-state index < -0.39 is 46.2 Å². The van der Waals surface area contributed by atoms with Gasteiger partial charge in [-0.05, 0) is 31.4 Å². The zero-order chi connectivity index (χ0) is 25.7. The molecule has 3 N–H and O–H groups in total. The van der Waals surface area contributed by atoms with Gasteiger partial charge in [0.2, 0.25) is 11.8 Å². The Kier molecular flexibility index (Phi) is 6.25. The number of carbonyl (C=O) groups excluding carboxylic acids is 1. The predicted molar refractivity (Wildman–Crippen MR) is 132 cm³/mol. The van der Waals surface area contributed by atoms with Crippen LogP contribution in [0.4, 0.5) is 14.5 Å². The Hall–Kier alpha value is -2.68. The molecule has 3 aliphatic rings. The Morgan fingerprint density at radius 1 is 1.22 bits per heavy atom. The van der Waals surface area contributed by atoms with Gasteiger partial charge in [-0.15, -0.1) is 0 Å². The summed E-state index contributed by atoms with van der Waals surface area (Å²) in [6, 6.07) is 9.69. The highest BCUT2D eigenvalue weighted by molar-refractivity contribution is 8.24. The highest BCUT2D eigenvalue weighted by atomic mass is 32.3.